The van der Waals surface area contributed by atoms with Crippen molar-refractivity contribution in [3.8, 4) is 11.6 Å². The molecule has 1 heterocycles. The molecule has 0 aliphatic carbocycles. The van der Waals surface area contributed by atoms with E-state index in [2.05, 4.69) is 20.9 Å². The average Bonchev–Trinajstić information content (AvgIpc) is 2.35. The van der Waals surface area contributed by atoms with Crippen LogP contribution in [-0.4, -0.2) is 10.1 Å². The first-order valence-corrected chi connectivity index (χ1v) is 5.99. The molecule has 2 aromatic rings. The van der Waals surface area contributed by atoms with Crippen molar-refractivity contribution in [2.45, 2.75) is 13.5 Å². The summed E-state index contributed by atoms with van der Waals surface area (Å²) in [5.74, 6) is 1.26. The van der Waals surface area contributed by atoms with Crippen LogP contribution in [-0.2, 0) is 6.61 Å². The maximum atomic E-state index is 8.93. The lowest BCUT2D eigenvalue weighted by molar-refractivity contribution is 0.281. The fourth-order valence-electron chi connectivity index (χ4n) is 1.36. The van der Waals surface area contributed by atoms with Gasteiger partial charge in [-0.05, 0) is 46.6 Å². The predicted octanol–water partition coefficient (Wildman–Crippen LogP) is 3.44. The first kappa shape index (κ1) is 12.1. The van der Waals surface area contributed by atoms with E-state index < -0.39 is 0 Å². The van der Waals surface area contributed by atoms with Crippen LogP contribution in [0, 0.1) is 6.92 Å². The van der Waals surface area contributed by atoms with E-state index in [0.29, 0.717) is 11.6 Å². The van der Waals surface area contributed by atoms with Crippen molar-refractivity contribution in [1.29, 1.82) is 0 Å². The number of aromatic nitrogens is 1. The molecule has 1 aromatic carbocycles. The number of hydrogen-bond donors (Lipinski definition) is 1. The third kappa shape index (κ3) is 3.05. The molecular weight excluding hydrogens is 282 g/mol. The molecule has 0 aliphatic rings. The van der Waals surface area contributed by atoms with Crippen molar-refractivity contribution in [3.05, 3.63) is 52.1 Å². The summed E-state index contributed by atoms with van der Waals surface area (Å²) in [6.07, 6.45) is 0. The predicted molar refractivity (Wildman–Crippen MR) is 69.1 cm³/mol. The summed E-state index contributed by atoms with van der Waals surface area (Å²) in [6.45, 7) is 1.95. The molecule has 0 radical (unpaired) electrons. The minimum atomic E-state index is 0.0376. The normalized spacial score (nSPS) is 10.3. The van der Waals surface area contributed by atoms with Crippen molar-refractivity contribution in [2.24, 2.45) is 0 Å². The largest absolute Gasteiger partial charge is 0.439 e. The molecule has 3 nitrogen and oxygen atoms in total. The van der Waals surface area contributed by atoms with Gasteiger partial charge in [0.2, 0.25) is 5.88 Å². The second-order valence-corrected chi connectivity index (χ2v) is 4.48. The zero-order valence-electron chi connectivity index (χ0n) is 9.35. The number of aliphatic hydroxyl groups excluding tert-OH is 1. The van der Waals surface area contributed by atoms with E-state index in [1.54, 1.807) is 6.07 Å². The van der Waals surface area contributed by atoms with Gasteiger partial charge in [0.15, 0.2) is 0 Å². The number of benzene rings is 1. The molecule has 0 amide bonds. The number of aliphatic hydroxyl groups is 1. The first-order chi connectivity index (χ1) is 8.19. The maximum absolute atomic E-state index is 8.93. The van der Waals surface area contributed by atoms with Crippen LogP contribution in [0.25, 0.3) is 0 Å². The Balaban J connectivity index is 2.16. The lowest BCUT2D eigenvalue weighted by atomic mass is 10.2. The summed E-state index contributed by atoms with van der Waals surface area (Å²) in [5.41, 5.74) is 1.74. The Morgan fingerprint density at radius 2 is 1.88 bits per heavy atom. The van der Waals surface area contributed by atoms with E-state index in [1.165, 1.54) is 0 Å². The van der Waals surface area contributed by atoms with Crippen molar-refractivity contribution < 1.29 is 9.84 Å². The lowest BCUT2D eigenvalue weighted by Crippen LogP contribution is -1.91. The van der Waals surface area contributed by atoms with Crippen LogP contribution in [0.1, 0.15) is 11.3 Å². The van der Waals surface area contributed by atoms with Crippen LogP contribution < -0.4 is 4.74 Å². The van der Waals surface area contributed by atoms with E-state index in [4.69, 9.17) is 9.84 Å². The number of aryl methyl sites for hydroxylation is 1. The van der Waals surface area contributed by atoms with Gasteiger partial charge in [-0.2, -0.15) is 0 Å². The standard InChI is InChI=1S/C13H12BrNO2/c1-9-12(14)6-7-13(15-9)17-11-4-2-10(8-16)3-5-11/h2-7,16H,8H2,1H3. The van der Waals surface area contributed by atoms with Gasteiger partial charge in [0.25, 0.3) is 0 Å². The zero-order valence-corrected chi connectivity index (χ0v) is 10.9. The molecule has 17 heavy (non-hydrogen) atoms. The average molecular weight is 294 g/mol. The van der Waals surface area contributed by atoms with E-state index in [0.717, 1.165) is 15.7 Å². The van der Waals surface area contributed by atoms with Gasteiger partial charge in [-0.1, -0.05) is 12.1 Å². The number of halogens is 1. The molecule has 4 heteroatoms. The van der Waals surface area contributed by atoms with E-state index in [9.17, 15) is 0 Å². The number of nitrogens with zero attached hydrogens (tertiary/aromatic N) is 1. The maximum Gasteiger partial charge on any atom is 0.219 e. The number of ether oxygens (including phenoxy) is 1. The van der Waals surface area contributed by atoms with E-state index >= 15 is 0 Å². The number of pyridine rings is 1. The Labute approximate surface area is 108 Å². The van der Waals surface area contributed by atoms with Crippen LogP contribution >= 0.6 is 15.9 Å². The van der Waals surface area contributed by atoms with Gasteiger partial charge in [-0.25, -0.2) is 4.98 Å². The molecular formula is C13H12BrNO2. The Morgan fingerprint density at radius 3 is 2.47 bits per heavy atom. The van der Waals surface area contributed by atoms with Crippen LogP contribution in [0.3, 0.4) is 0 Å². The van der Waals surface area contributed by atoms with E-state index in [1.807, 2.05) is 37.3 Å². The van der Waals surface area contributed by atoms with Crippen molar-refractivity contribution >= 4 is 15.9 Å². The second-order valence-electron chi connectivity index (χ2n) is 3.62. The molecule has 2 rings (SSSR count). The van der Waals surface area contributed by atoms with Gasteiger partial charge < -0.3 is 9.84 Å². The third-order valence-corrected chi connectivity index (χ3v) is 3.16. The van der Waals surface area contributed by atoms with Gasteiger partial charge in [-0.15, -0.1) is 0 Å². The quantitative estimate of drug-likeness (QED) is 0.943. The molecule has 0 fully saturated rings. The van der Waals surface area contributed by atoms with Crippen molar-refractivity contribution in [1.82, 2.24) is 4.98 Å². The van der Waals surface area contributed by atoms with Gasteiger partial charge in [0, 0.05) is 10.5 Å². The molecule has 88 valence electrons. The van der Waals surface area contributed by atoms with Gasteiger partial charge in [0.05, 0.1) is 12.3 Å². The summed E-state index contributed by atoms with van der Waals surface area (Å²) in [7, 11) is 0. The summed E-state index contributed by atoms with van der Waals surface area (Å²) in [5, 5.41) is 8.93. The molecule has 0 saturated heterocycles. The molecule has 0 unspecified atom stereocenters. The smallest absolute Gasteiger partial charge is 0.219 e. The molecule has 1 aromatic heterocycles. The highest BCUT2D eigenvalue weighted by Crippen LogP contribution is 2.23. The van der Waals surface area contributed by atoms with E-state index in [-0.39, 0.29) is 6.61 Å². The summed E-state index contributed by atoms with van der Waals surface area (Å²) in [6, 6.07) is 11.0. The second kappa shape index (κ2) is 5.29. The van der Waals surface area contributed by atoms with Gasteiger partial charge >= 0.3 is 0 Å². The lowest BCUT2D eigenvalue weighted by Gasteiger charge is -2.06. The topological polar surface area (TPSA) is 42.4 Å². The Morgan fingerprint density at radius 1 is 1.18 bits per heavy atom. The summed E-state index contributed by atoms with van der Waals surface area (Å²) in [4.78, 5) is 4.29. The molecule has 0 spiro atoms. The van der Waals surface area contributed by atoms with Crippen molar-refractivity contribution in [3.63, 3.8) is 0 Å². The number of hydrogen-bond acceptors (Lipinski definition) is 3. The fraction of sp³-hybridized carbons (Fsp3) is 0.154. The molecule has 0 bridgehead atoms. The SMILES string of the molecule is Cc1nc(Oc2ccc(CO)cc2)ccc1Br. The molecule has 0 saturated carbocycles. The Bertz CT molecular complexity index is 511. The van der Waals surface area contributed by atoms with Crippen LogP contribution in [0.2, 0.25) is 0 Å². The minimum Gasteiger partial charge on any atom is -0.439 e. The minimum absolute atomic E-state index is 0.0376. The Kier molecular flexibility index (Phi) is 3.76. The Hall–Kier alpha value is -1.39. The molecule has 0 aliphatic heterocycles. The summed E-state index contributed by atoms with van der Waals surface area (Å²) >= 11 is 3.39. The summed E-state index contributed by atoms with van der Waals surface area (Å²) < 4.78 is 6.56. The van der Waals surface area contributed by atoms with Crippen LogP contribution in [0.5, 0.6) is 11.6 Å². The van der Waals surface area contributed by atoms with Gasteiger partial charge in [0.1, 0.15) is 5.75 Å². The third-order valence-electron chi connectivity index (χ3n) is 2.32. The monoisotopic (exact) mass is 293 g/mol. The highest BCUT2D eigenvalue weighted by atomic mass is 79.9. The van der Waals surface area contributed by atoms with Crippen LogP contribution in [0.4, 0.5) is 0 Å². The highest BCUT2D eigenvalue weighted by Gasteiger charge is 2.01. The fourth-order valence-corrected chi connectivity index (χ4v) is 1.58. The highest BCUT2D eigenvalue weighted by molar-refractivity contribution is 9.10. The number of rotatable bonds is 3. The first-order valence-electron chi connectivity index (χ1n) is 5.20. The van der Waals surface area contributed by atoms with Gasteiger partial charge in [-0.3, -0.25) is 0 Å². The molecule has 1 N–H and O–H groups in total. The van der Waals surface area contributed by atoms with Crippen molar-refractivity contribution in [2.75, 3.05) is 0 Å². The zero-order chi connectivity index (χ0) is 12.3. The van der Waals surface area contributed by atoms with Crippen LogP contribution in [0.15, 0.2) is 40.9 Å². The molecule has 0 atom stereocenters.